The summed E-state index contributed by atoms with van der Waals surface area (Å²) >= 11 is 0. The predicted molar refractivity (Wildman–Crippen MR) is 129 cm³/mol. The molecule has 0 saturated heterocycles. The molecule has 4 aromatic rings. The van der Waals surface area contributed by atoms with Gasteiger partial charge in [0.15, 0.2) is 0 Å². The van der Waals surface area contributed by atoms with Crippen molar-refractivity contribution in [1.82, 2.24) is 0 Å². The molecular formula is C28H23FN2O2. The van der Waals surface area contributed by atoms with Gasteiger partial charge in [-0.25, -0.2) is 4.39 Å². The molecule has 0 fully saturated rings. The Morgan fingerprint density at radius 2 is 1.39 bits per heavy atom. The largest absolute Gasteiger partial charge is 0.326 e. The summed E-state index contributed by atoms with van der Waals surface area (Å²) in [6.45, 7) is 0.272. The molecule has 0 spiro atoms. The van der Waals surface area contributed by atoms with E-state index in [1.807, 2.05) is 72.8 Å². The molecule has 0 heterocycles. The van der Waals surface area contributed by atoms with Crippen molar-refractivity contribution in [2.24, 2.45) is 0 Å². The number of anilines is 2. The molecule has 1 N–H and O–H groups in total. The van der Waals surface area contributed by atoms with Crippen LogP contribution in [-0.4, -0.2) is 11.8 Å². The van der Waals surface area contributed by atoms with Gasteiger partial charge in [0.25, 0.3) is 5.91 Å². The van der Waals surface area contributed by atoms with Crippen molar-refractivity contribution >= 4 is 23.2 Å². The van der Waals surface area contributed by atoms with Crippen LogP contribution < -0.4 is 10.2 Å². The lowest BCUT2D eigenvalue weighted by Crippen LogP contribution is -2.30. The Balaban J connectivity index is 1.59. The maximum Gasteiger partial charge on any atom is 0.258 e. The van der Waals surface area contributed by atoms with Gasteiger partial charge in [0.2, 0.25) is 5.91 Å². The smallest absolute Gasteiger partial charge is 0.258 e. The first-order valence-electron chi connectivity index (χ1n) is 10.6. The van der Waals surface area contributed by atoms with Crippen LogP contribution in [0.3, 0.4) is 0 Å². The minimum absolute atomic E-state index is 0.141. The van der Waals surface area contributed by atoms with E-state index in [9.17, 15) is 14.0 Å². The summed E-state index contributed by atoms with van der Waals surface area (Å²) in [5.41, 5.74) is 3.53. The minimum Gasteiger partial charge on any atom is -0.326 e. The Labute approximate surface area is 192 Å². The lowest BCUT2D eigenvalue weighted by atomic mass is 10.1. The Morgan fingerprint density at radius 3 is 2.09 bits per heavy atom. The molecule has 33 heavy (non-hydrogen) atoms. The number of halogens is 1. The topological polar surface area (TPSA) is 49.4 Å². The van der Waals surface area contributed by atoms with Gasteiger partial charge in [0.1, 0.15) is 5.82 Å². The molecule has 4 nitrogen and oxygen atoms in total. The summed E-state index contributed by atoms with van der Waals surface area (Å²) < 4.78 is 13.4. The highest BCUT2D eigenvalue weighted by atomic mass is 19.1. The lowest BCUT2D eigenvalue weighted by molar-refractivity contribution is -0.115. The molecule has 2 amide bonds. The number of hydrogen-bond donors (Lipinski definition) is 1. The van der Waals surface area contributed by atoms with E-state index in [1.165, 1.54) is 12.1 Å². The number of benzene rings is 4. The molecule has 0 aliphatic heterocycles. The predicted octanol–water partition coefficient (Wildman–Crippen LogP) is 5.85. The van der Waals surface area contributed by atoms with Gasteiger partial charge in [-0.05, 0) is 59.7 Å². The third kappa shape index (κ3) is 5.92. The molecule has 0 aromatic heterocycles. The van der Waals surface area contributed by atoms with Gasteiger partial charge in [0, 0.05) is 16.9 Å². The monoisotopic (exact) mass is 438 g/mol. The van der Waals surface area contributed by atoms with Gasteiger partial charge in [-0.15, -0.1) is 0 Å². The second-order valence-corrected chi connectivity index (χ2v) is 7.64. The Bertz CT molecular complexity index is 1230. The van der Waals surface area contributed by atoms with Crippen molar-refractivity contribution in [3.05, 3.63) is 132 Å². The summed E-state index contributed by atoms with van der Waals surface area (Å²) in [7, 11) is 0. The number of nitrogens with one attached hydrogen (secondary N) is 1. The maximum absolute atomic E-state index is 13.4. The first-order valence-corrected chi connectivity index (χ1v) is 10.6. The molecule has 0 atom stereocenters. The standard InChI is InChI=1S/C28H23FN2O2/c29-24-16-14-21(15-17-24)20-31(28(33)23-9-3-1-4-10-23)26-13-7-8-22(18-26)19-27(32)30-25-11-5-2-6-12-25/h1-18H,19-20H2,(H,30,32). The maximum atomic E-state index is 13.4. The van der Waals surface area contributed by atoms with Crippen LogP contribution >= 0.6 is 0 Å². The molecule has 0 radical (unpaired) electrons. The van der Waals surface area contributed by atoms with Crippen LogP contribution in [0.1, 0.15) is 21.5 Å². The highest BCUT2D eigenvalue weighted by Crippen LogP contribution is 2.22. The zero-order valence-electron chi connectivity index (χ0n) is 17.9. The zero-order chi connectivity index (χ0) is 23.0. The molecule has 5 heteroatoms. The quantitative estimate of drug-likeness (QED) is 0.393. The lowest BCUT2D eigenvalue weighted by Gasteiger charge is -2.24. The van der Waals surface area contributed by atoms with Gasteiger partial charge in [0.05, 0.1) is 13.0 Å². The Kier molecular flexibility index (Phi) is 6.90. The fourth-order valence-corrected chi connectivity index (χ4v) is 3.54. The molecule has 4 rings (SSSR count). The highest BCUT2D eigenvalue weighted by molar-refractivity contribution is 6.06. The third-order valence-electron chi connectivity index (χ3n) is 5.16. The normalized spacial score (nSPS) is 10.5. The molecule has 0 bridgehead atoms. The highest BCUT2D eigenvalue weighted by Gasteiger charge is 2.19. The zero-order valence-corrected chi connectivity index (χ0v) is 17.9. The Morgan fingerprint density at radius 1 is 0.727 bits per heavy atom. The number of para-hydroxylation sites is 1. The first kappa shape index (κ1) is 22.0. The van der Waals surface area contributed by atoms with Crippen LogP contribution in [0.25, 0.3) is 0 Å². The van der Waals surface area contributed by atoms with Crippen molar-refractivity contribution in [2.45, 2.75) is 13.0 Å². The van der Waals surface area contributed by atoms with Crippen LogP contribution in [0.2, 0.25) is 0 Å². The van der Waals surface area contributed by atoms with Gasteiger partial charge in [-0.2, -0.15) is 0 Å². The van der Waals surface area contributed by atoms with Crippen LogP contribution in [-0.2, 0) is 17.8 Å². The van der Waals surface area contributed by atoms with Crippen molar-refractivity contribution in [1.29, 1.82) is 0 Å². The van der Waals surface area contributed by atoms with E-state index >= 15 is 0 Å². The van der Waals surface area contributed by atoms with E-state index in [2.05, 4.69) is 5.32 Å². The number of nitrogens with zero attached hydrogens (tertiary/aromatic N) is 1. The molecule has 164 valence electrons. The molecule has 0 aliphatic rings. The SMILES string of the molecule is O=C(Cc1cccc(N(Cc2ccc(F)cc2)C(=O)c2ccccc2)c1)Nc1ccccc1. The second-order valence-electron chi connectivity index (χ2n) is 7.64. The first-order chi connectivity index (χ1) is 16.1. The molecule has 0 aliphatic carbocycles. The summed E-state index contributed by atoms with van der Waals surface area (Å²) in [4.78, 5) is 27.5. The molecule has 0 saturated carbocycles. The van der Waals surface area contributed by atoms with Crippen LogP contribution in [0.15, 0.2) is 109 Å². The summed E-state index contributed by atoms with van der Waals surface area (Å²) in [6, 6.07) is 31.7. The van der Waals surface area contributed by atoms with Gasteiger partial charge >= 0.3 is 0 Å². The summed E-state index contributed by atoms with van der Waals surface area (Å²) in [5, 5.41) is 2.88. The van der Waals surface area contributed by atoms with E-state index in [0.29, 0.717) is 11.3 Å². The number of rotatable bonds is 7. The van der Waals surface area contributed by atoms with E-state index in [1.54, 1.807) is 29.2 Å². The van der Waals surface area contributed by atoms with E-state index in [-0.39, 0.29) is 30.6 Å². The van der Waals surface area contributed by atoms with Gasteiger partial charge < -0.3 is 10.2 Å². The van der Waals surface area contributed by atoms with Crippen LogP contribution in [0.4, 0.5) is 15.8 Å². The molecular weight excluding hydrogens is 415 g/mol. The fraction of sp³-hybridized carbons (Fsp3) is 0.0714. The van der Waals surface area contributed by atoms with Gasteiger partial charge in [-0.3, -0.25) is 9.59 Å². The fourth-order valence-electron chi connectivity index (χ4n) is 3.54. The summed E-state index contributed by atoms with van der Waals surface area (Å²) in [6.07, 6.45) is 0.173. The molecule has 4 aromatic carbocycles. The minimum atomic E-state index is -0.328. The Hall–Kier alpha value is -4.25. The third-order valence-corrected chi connectivity index (χ3v) is 5.16. The number of hydrogen-bond acceptors (Lipinski definition) is 2. The van der Waals surface area contributed by atoms with Crippen molar-refractivity contribution in [2.75, 3.05) is 10.2 Å². The van der Waals surface area contributed by atoms with E-state index < -0.39 is 0 Å². The van der Waals surface area contributed by atoms with E-state index in [4.69, 9.17) is 0 Å². The average molecular weight is 439 g/mol. The number of carbonyl (C=O) groups is 2. The summed E-state index contributed by atoms with van der Waals surface area (Å²) in [5.74, 6) is -0.644. The van der Waals surface area contributed by atoms with Crippen LogP contribution in [0, 0.1) is 5.82 Å². The average Bonchev–Trinajstić information content (AvgIpc) is 2.84. The van der Waals surface area contributed by atoms with Crippen molar-refractivity contribution < 1.29 is 14.0 Å². The number of carbonyl (C=O) groups excluding carboxylic acids is 2. The van der Waals surface area contributed by atoms with Crippen molar-refractivity contribution in [3.63, 3.8) is 0 Å². The van der Waals surface area contributed by atoms with Gasteiger partial charge in [-0.1, -0.05) is 60.7 Å². The molecule has 0 unspecified atom stereocenters. The number of amides is 2. The van der Waals surface area contributed by atoms with Crippen molar-refractivity contribution in [3.8, 4) is 0 Å². The second kappa shape index (κ2) is 10.4. The van der Waals surface area contributed by atoms with E-state index in [0.717, 1.165) is 16.8 Å². The van der Waals surface area contributed by atoms with Crippen LogP contribution in [0.5, 0.6) is 0 Å².